The molecule has 0 aliphatic rings. The highest BCUT2D eigenvalue weighted by molar-refractivity contribution is 9.10. The van der Waals surface area contributed by atoms with E-state index in [4.69, 9.17) is 8.94 Å². The first-order valence-corrected chi connectivity index (χ1v) is 6.77. The van der Waals surface area contributed by atoms with Gasteiger partial charge in [0, 0.05) is 4.47 Å². The van der Waals surface area contributed by atoms with Gasteiger partial charge in [0.2, 0.25) is 0 Å². The van der Waals surface area contributed by atoms with Crippen molar-refractivity contribution in [1.29, 1.82) is 0 Å². The van der Waals surface area contributed by atoms with Crippen LogP contribution in [0.1, 0.15) is 21.9 Å². The molecule has 0 aliphatic heterocycles. The van der Waals surface area contributed by atoms with Crippen LogP contribution in [0.25, 0.3) is 11.0 Å². The number of furan rings is 1. The zero-order valence-electron chi connectivity index (χ0n) is 10.9. The number of carbonyl (C=O) groups is 1. The Morgan fingerprint density at radius 2 is 2.10 bits per heavy atom. The molecule has 0 spiro atoms. The van der Waals surface area contributed by atoms with Gasteiger partial charge in [-0.15, -0.1) is 0 Å². The Hall–Kier alpha value is -2.08. The second-order valence-corrected chi connectivity index (χ2v) is 5.37. The van der Waals surface area contributed by atoms with Gasteiger partial charge < -0.3 is 14.3 Å². The van der Waals surface area contributed by atoms with Crippen LogP contribution >= 0.6 is 15.9 Å². The smallest absolute Gasteiger partial charge is 0.260 e. The van der Waals surface area contributed by atoms with Gasteiger partial charge in [0.05, 0.1) is 10.9 Å². The number of anilines is 1. The maximum atomic E-state index is 12.2. The van der Waals surface area contributed by atoms with E-state index in [0.29, 0.717) is 28.5 Å². The predicted molar refractivity (Wildman–Crippen MR) is 77.8 cm³/mol. The average Bonchev–Trinajstić information content (AvgIpc) is 2.93. The first-order valence-electron chi connectivity index (χ1n) is 5.98. The predicted octanol–water partition coefficient (Wildman–Crippen LogP) is 4.05. The molecular weight excluding hydrogens is 324 g/mol. The van der Waals surface area contributed by atoms with Crippen molar-refractivity contribution in [1.82, 2.24) is 5.16 Å². The molecular formula is C14H11BrN2O3. The van der Waals surface area contributed by atoms with Gasteiger partial charge in [-0.25, -0.2) is 0 Å². The van der Waals surface area contributed by atoms with E-state index in [9.17, 15) is 4.79 Å². The number of halogens is 1. The van der Waals surface area contributed by atoms with Crippen LogP contribution < -0.4 is 5.32 Å². The van der Waals surface area contributed by atoms with Crippen molar-refractivity contribution in [2.45, 2.75) is 13.8 Å². The topological polar surface area (TPSA) is 68.3 Å². The van der Waals surface area contributed by atoms with Crippen molar-refractivity contribution < 1.29 is 13.7 Å². The number of amides is 1. The quantitative estimate of drug-likeness (QED) is 0.767. The van der Waals surface area contributed by atoms with E-state index in [0.717, 1.165) is 9.86 Å². The number of carbonyl (C=O) groups excluding carboxylic acids is 1. The van der Waals surface area contributed by atoms with E-state index in [1.54, 1.807) is 26.0 Å². The summed E-state index contributed by atoms with van der Waals surface area (Å²) in [5, 5.41) is 7.36. The minimum atomic E-state index is -0.269. The molecule has 0 bridgehead atoms. The summed E-state index contributed by atoms with van der Waals surface area (Å²) in [6.45, 7) is 3.55. The molecule has 3 rings (SSSR count). The molecule has 6 heteroatoms. The van der Waals surface area contributed by atoms with Crippen molar-refractivity contribution in [2.75, 3.05) is 5.32 Å². The lowest BCUT2D eigenvalue weighted by Crippen LogP contribution is -2.12. The molecule has 1 aromatic carbocycles. The van der Waals surface area contributed by atoms with Crippen LogP contribution in [0.15, 0.2) is 37.7 Å². The molecule has 0 saturated carbocycles. The number of hydrogen-bond acceptors (Lipinski definition) is 4. The van der Waals surface area contributed by atoms with E-state index < -0.39 is 0 Å². The highest BCUT2D eigenvalue weighted by Gasteiger charge is 2.17. The van der Waals surface area contributed by atoms with Crippen LogP contribution in [-0.2, 0) is 0 Å². The molecule has 0 fully saturated rings. The molecule has 0 aliphatic carbocycles. The molecule has 0 unspecified atom stereocenters. The molecule has 5 nitrogen and oxygen atoms in total. The Labute approximate surface area is 123 Å². The van der Waals surface area contributed by atoms with Crippen LogP contribution in [0, 0.1) is 13.8 Å². The Kier molecular flexibility index (Phi) is 3.10. The van der Waals surface area contributed by atoms with Crippen molar-refractivity contribution in [3.05, 3.63) is 45.8 Å². The molecule has 0 saturated heterocycles. The third-order valence-corrected chi connectivity index (χ3v) is 3.44. The first kappa shape index (κ1) is 12.9. The maximum absolute atomic E-state index is 12.2. The summed E-state index contributed by atoms with van der Waals surface area (Å²) in [6, 6.07) is 7.18. The second kappa shape index (κ2) is 4.79. The van der Waals surface area contributed by atoms with Crippen LogP contribution in [0.2, 0.25) is 0 Å². The van der Waals surface area contributed by atoms with Gasteiger partial charge >= 0.3 is 0 Å². The Bertz CT molecular complexity index is 804. The number of fused-ring (bicyclic) bond motifs is 1. The molecule has 2 aromatic heterocycles. The van der Waals surface area contributed by atoms with Gasteiger partial charge in [-0.3, -0.25) is 4.79 Å². The van der Waals surface area contributed by atoms with E-state index >= 15 is 0 Å². The fourth-order valence-corrected chi connectivity index (χ4v) is 2.39. The normalized spacial score (nSPS) is 10.9. The number of benzene rings is 1. The fourth-order valence-electron chi connectivity index (χ4n) is 2.03. The number of rotatable bonds is 2. The van der Waals surface area contributed by atoms with E-state index in [-0.39, 0.29) is 5.91 Å². The Balaban J connectivity index is 1.95. The monoisotopic (exact) mass is 334 g/mol. The molecule has 2 heterocycles. The molecule has 3 aromatic rings. The Morgan fingerprint density at radius 3 is 2.80 bits per heavy atom. The number of aryl methyl sites for hydroxylation is 2. The zero-order valence-corrected chi connectivity index (χ0v) is 12.4. The number of hydrogen-bond donors (Lipinski definition) is 1. The number of nitrogens with zero attached hydrogens (tertiary/aromatic N) is 1. The van der Waals surface area contributed by atoms with Gasteiger partial charge in [-0.2, -0.15) is 0 Å². The zero-order chi connectivity index (χ0) is 14.3. The van der Waals surface area contributed by atoms with Crippen LogP contribution in [-0.4, -0.2) is 11.1 Å². The van der Waals surface area contributed by atoms with Gasteiger partial charge in [0.15, 0.2) is 11.4 Å². The highest BCUT2D eigenvalue weighted by atomic mass is 79.9. The molecule has 1 N–H and O–H groups in total. The summed E-state index contributed by atoms with van der Waals surface area (Å²) in [5.41, 5.74) is 1.11. The summed E-state index contributed by atoms with van der Waals surface area (Å²) < 4.78 is 11.4. The highest BCUT2D eigenvalue weighted by Crippen LogP contribution is 2.27. The summed E-state index contributed by atoms with van der Waals surface area (Å²) in [7, 11) is 0. The lowest BCUT2D eigenvalue weighted by Gasteiger charge is -2.00. The van der Waals surface area contributed by atoms with E-state index in [1.165, 1.54) is 0 Å². The van der Waals surface area contributed by atoms with Gasteiger partial charge in [-0.1, -0.05) is 21.1 Å². The molecule has 102 valence electrons. The average molecular weight is 335 g/mol. The lowest BCUT2D eigenvalue weighted by molar-refractivity contribution is 0.102. The minimum absolute atomic E-state index is 0.269. The maximum Gasteiger partial charge on any atom is 0.260 e. The number of aromatic nitrogens is 1. The molecule has 1 amide bonds. The molecule has 0 atom stereocenters. The lowest BCUT2D eigenvalue weighted by atomic mass is 10.2. The van der Waals surface area contributed by atoms with Gasteiger partial charge in [0.25, 0.3) is 5.91 Å². The second-order valence-electron chi connectivity index (χ2n) is 4.45. The standard InChI is InChI=1S/C14H11BrN2O3/c1-7-5-10(8(2)19-7)14(18)16-13-11-6-9(15)3-4-12(11)20-17-13/h3-6H,1-2H3,(H,16,17,18). The fraction of sp³-hybridized carbons (Fsp3) is 0.143. The molecule has 0 radical (unpaired) electrons. The van der Waals surface area contributed by atoms with Gasteiger partial charge in [-0.05, 0) is 38.1 Å². The summed E-state index contributed by atoms with van der Waals surface area (Å²) in [6.07, 6.45) is 0. The van der Waals surface area contributed by atoms with Crippen molar-refractivity contribution in [2.24, 2.45) is 0 Å². The van der Waals surface area contributed by atoms with Gasteiger partial charge in [0.1, 0.15) is 11.5 Å². The summed E-state index contributed by atoms with van der Waals surface area (Å²) >= 11 is 3.38. The van der Waals surface area contributed by atoms with E-state index in [1.807, 2.05) is 12.1 Å². The minimum Gasteiger partial charge on any atom is -0.466 e. The third-order valence-electron chi connectivity index (χ3n) is 2.95. The summed E-state index contributed by atoms with van der Waals surface area (Å²) in [5.74, 6) is 1.40. The van der Waals surface area contributed by atoms with Crippen molar-refractivity contribution in [3.8, 4) is 0 Å². The first-order chi connectivity index (χ1) is 9.54. The molecule has 20 heavy (non-hydrogen) atoms. The number of nitrogens with one attached hydrogen (secondary N) is 1. The van der Waals surface area contributed by atoms with Crippen LogP contribution in [0.5, 0.6) is 0 Å². The summed E-state index contributed by atoms with van der Waals surface area (Å²) in [4.78, 5) is 12.2. The van der Waals surface area contributed by atoms with E-state index in [2.05, 4.69) is 26.4 Å². The van der Waals surface area contributed by atoms with Crippen molar-refractivity contribution >= 4 is 38.6 Å². The van der Waals surface area contributed by atoms with Crippen LogP contribution in [0.4, 0.5) is 5.82 Å². The Morgan fingerprint density at radius 1 is 1.30 bits per heavy atom. The SMILES string of the molecule is Cc1cc(C(=O)Nc2noc3ccc(Br)cc23)c(C)o1. The van der Waals surface area contributed by atoms with Crippen LogP contribution in [0.3, 0.4) is 0 Å². The van der Waals surface area contributed by atoms with Crippen molar-refractivity contribution in [3.63, 3.8) is 0 Å². The largest absolute Gasteiger partial charge is 0.466 e. The third kappa shape index (κ3) is 2.22.